The molecule has 0 radical (unpaired) electrons. The lowest BCUT2D eigenvalue weighted by Crippen LogP contribution is -2.40. The van der Waals surface area contributed by atoms with Crippen LogP contribution in [0.2, 0.25) is 0 Å². The number of nitriles is 1. The number of hydrogen-bond donors (Lipinski definition) is 0. The van der Waals surface area contributed by atoms with Gasteiger partial charge in [0.15, 0.2) is 0 Å². The van der Waals surface area contributed by atoms with E-state index in [9.17, 15) is 4.79 Å². The first-order valence-corrected chi connectivity index (χ1v) is 6.14. The maximum absolute atomic E-state index is 12.1. The first kappa shape index (κ1) is 15.0. The summed E-state index contributed by atoms with van der Waals surface area (Å²) in [5, 5.41) is 9.08. The number of hydrogen-bond acceptors (Lipinski definition) is 2. The van der Waals surface area contributed by atoms with Crippen LogP contribution in [0.1, 0.15) is 47.0 Å². The second-order valence-corrected chi connectivity index (χ2v) is 4.74. The Kier molecular flexibility index (Phi) is 6.80. The highest BCUT2D eigenvalue weighted by Gasteiger charge is 2.25. The molecule has 0 rings (SSSR count). The van der Waals surface area contributed by atoms with E-state index in [0.717, 1.165) is 19.3 Å². The third-order valence-electron chi connectivity index (χ3n) is 2.99. The van der Waals surface area contributed by atoms with Crippen molar-refractivity contribution in [2.75, 3.05) is 7.05 Å². The van der Waals surface area contributed by atoms with E-state index in [0.29, 0.717) is 5.92 Å². The standard InChI is InChI=1S/C13H24N2O/c1-6-11(7-2)13(16)15(5)12(9-14)8-10(3)4/h10-12H,6-8H2,1-5H3. The monoisotopic (exact) mass is 224 g/mol. The Hall–Kier alpha value is -1.04. The second kappa shape index (κ2) is 7.27. The average Bonchev–Trinajstić information content (AvgIpc) is 2.26. The molecule has 0 N–H and O–H groups in total. The molecule has 1 unspecified atom stereocenters. The zero-order chi connectivity index (χ0) is 12.7. The van der Waals surface area contributed by atoms with Crippen LogP contribution in [0.25, 0.3) is 0 Å². The average molecular weight is 224 g/mol. The third-order valence-corrected chi connectivity index (χ3v) is 2.99. The Balaban J connectivity index is 4.56. The van der Waals surface area contributed by atoms with Gasteiger partial charge >= 0.3 is 0 Å². The van der Waals surface area contributed by atoms with Gasteiger partial charge in [-0.05, 0) is 25.2 Å². The van der Waals surface area contributed by atoms with E-state index in [1.54, 1.807) is 11.9 Å². The summed E-state index contributed by atoms with van der Waals surface area (Å²) in [6.07, 6.45) is 2.44. The topological polar surface area (TPSA) is 44.1 Å². The van der Waals surface area contributed by atoms with Crippen molar-refractivity contribution >= 4 is 5.91 Å². The lowest BCUT2D eigenvalue weighted by Gasteiger charge is -2.27. The van der Waals surface area contributed by atoms with Crippen molar-refractivity contribution in [2.24, 2.45) is 11.8 Å². The normalized spacial score (nSPS) is 12.6. The van der Waals surface area contributed by atoms with Gasteiger partial charge in [0, 0.05) is 13.0 Å². The third kappa shape index (κ3) is 4.22. The molecule has 0 aromatic rings. The largest absolute Gasteiger partial charge is 0.329 e. The second-order valence-electron chi connectivity index (χ2n) is 4.74. The van der Waals surface area contributed by atoms with Crippen LogP contribution in [-0.2, 0) is 4.79 Å². The Morgan fingerprint density at radius 2 is 1.81 bits per heavy atom. The number of amides is 1. The van der Waals surface area contributed by atoms with Gasteiger partial charge in [-0.25, -0.2) is 0 Å². The first-order valence-electron chi connectivity index (χ1n) is 6.14. The van der Waals surface area contributed by atoms with Crippen LogP contribution in [-0.4, -0.2) is 23.9 Å². The van der Waals surface area contributed by atoms with E-state index in [2.05, 4.69) is 19.9 Å². The van der Waals surface area contributed by atoms with Crippen LogP contribution in [0, 0.1) is 23.2 Å². The highest BCUT2D eigenvalue weighted by Crippen LogP contribution is 2.16. The summed E-state index contributed by atoms with van der Waals surface area (Å²) in [6.45, 7) is 8.17. The van der Waals surface area contributed by atoms with Gasteiger partial charge in [0.25, 0.3) is 0 Å². The van der Waals surface area contributed by atoms with E-state index in [-0.39, 0.29) is 17.9 Å². The molecule has 3 heteroatoms. The molecule has 0 heterocycles. The number of carbonyl (C=O) groups is 1. The fourth-order valence-corrected chi connectivity index (χ4v) is 1.82. The summed E-state index contributed by atoms with van der Waals surface area (Å²) in [5.41, 5.74) is 0. The summed E-state index contributed by atoms with van der Waals surface area (Å²) >= 11 is 0. The van der Waals surface area contributed by atoms with Gasteiger partial charge in [-0.3, -0.25) is 4.79 Å². The Morgan fingerprint density at radius 3 is 2.12 bits per heavy atom. The number of nitrogens with zero attached hydrogens (tertiary/aromatic N) is 2. The lowest BCUT2D eigenvalue weighted by molar-refractivity contribution is -0.135. The minimum absolute atomic E-state index is 0.0630. The van der Waals surface area contributed by atoms with Gasteiger partial charge in [-0.15, -0.1) is 0 Å². The minimum atomic E-state index is -0.284. The van der Waals surface area contributed by atoms with Crippen LogP contribution in [0.5, 0.6) is 0 Å². The van der Waals surface area contributed by atoms with E-state index < -0.39 is 0 Å². The van der Waals surface area contributed by atoms with E-state index >= 15 is 0 Å². The molecule has 0 aliphatic heterocycles. The Labute approximate surface area is 99.4 Å². The molecule has 0 saturated carbocycles. The van der Waals surface area contributed by atoms with Gasteiger partial charge in [0.05, 0.1) is 6.07 Å². The van der Waals surface area contributed by atoms with Gasteiger partial charge in [-0.2, -0.15) is 5.26 Å². The summed E-state index contributed by atoms with van der Waals surface area (Å²) in [7, 11) is 1.75. The molecular weight excluding hydrogens is 200 g/mol. The van der Waals surface area contributed by atoms with Gasteiger partial charge < -0.3 is 4.90 Å². The van der Waals surface area contributed by atoms with Crippen molar-refractivity contribution in [3.63, 3.8) is 0 Å². The highest BCUT2D eigenvalue weighted by molar-refractivity contribution is 5.79. The summed E-state index contributed by atoms with van der Waals surface area (Å²) in [5.74, 6) is 0.604. The van der Waals surface area contributed by atoms with Crippen LogP contribution in [0.3, 0.4) is 0 Å². The zero-order valence-corrected chi connectivity index (χ0v) is 11.2. The van der Waals surface area contributed by atoms with Crippen molar-refractivity contribution in [2.45, 2.75) is 53.0 Å². The molecule has 0 aliphatic rings. The Morgan fingerprint density at radius 1 is 1.31 bits per heavy atom. The Bertz CT molecular complexity index is 251. The molecule has 16 heavy (non-hydrogen) atoms. The van der Waals surface area contributed by atoms with Crippen LogP contribution < -0.4 is 0 Å². The van der Waals surface area contributed by atoms with Crippen molar-refractivity contribution in [3.8, 4) is 6.07 Å². The molecule has 3 nitrogen and oxygen atoms in total. The highest BCUT2D eigenvalue weighted by atomic mass is 16.2. The molecule has 92 valence electrons. The summed E-state index contributed by atoms with van der Waals surface area (Å²) in [4.78, 5) is 13.7. The summed E-state index contributed by atoms with van der Waals surface area (Å²) in [6, 6.07) is 1.94. The quantitative estimate of drug-likeness (QED) is 0.696. The van der Waals surface area contributed by atoms with E-state index in [4.69, 9.17) is 5.26 Å². The van der Waals surface area contributed by atoms with E-state index in [1.807, 2.05) is 13.8 Å². The molecule has 0 saturated heterocycles. The summed E-state index contributed by atoms with van der Waals surface area (Å²) < 4.78 is 0. The number of carbonyl (C=O) groups excluding carboxylic acids is 1. The smallest absolute Gasteiger partial charge is 0.226 e. The number of rotatable bonds is 6. The maximum atomic E-state index is 12.1. The molecule has 0 aliphatic carbocycles. The van der Waals surface area contributed by atoms with Crippen LogP contribution in [0.4, 0.5) is 0 Å². The molecular formula is C13H24N2O. The SMILES string of the molecule is CCC(CC)C(=O)N(C)C(C#N)CC(C)C. The fraction of sp³-hybridized carbons (Fsp3) is 0.846. The molecule has 0 aromatic carbocycles. The minimum Gasteiger partial charge on any atom is -0.329 e. The maximum Gasteiger partial charge on any atom is 0.226 e. The van der Waals surface area contributed by atoms with Crippen molar-refractivity contribution in [1.29, 1.82) is 5.26 Å². The van der Waals surface area contributed by atoms with Gasteiger partial charge in [0.2, 0.25) is 5.91 Å². The van der Waals surface area contributed by atoms with Crippen LogP contribution in [0.15, 0.2) is 0 Å². The first-order chi connectivity index (χ1) is 7.47. The van der Waals surface area contributed by atoms with Crippen molar-refractivity contribution < 1.29 is 4.79 Å². The van der Waals surface area contributed by atoms with Crippen LogP contribution >= 0.6 is 0 Å². The molecule has 0 fully saturated rings. The fourth-order valence-electron chi connectivity index (χ4n) is 1.82. The van der Waals surface area contributed by atoms with E-state index in [1.165, 1.54) is 0 Å². The molecule has 1 amide bonds. The predicted octanol–water partition coefficient (Wildman–Crippen LogP) is 2.82. The molecule has 0 aromatic heterocycles. The van der Waals surface area contributed by atoms with Gasteiger partial charge in [-0.1, -0.05) is 27.7 Å². The van der Waals surface area contributed by atoms with Gasteiger partial charge in [0.1, 0.15) is 6.04 Å². The molecule has 1 atom stereocenters. The molecule has 0 spiro atoms. The molecule has 0 bridgehead atoms. The predicted molar refractivity (Wildman–Crippen MR) is 65.7 cm³/mol. The lowest BCUT2D eigenvalue weighted by atomic mass is 9.99. The zero-order valence-electron chi connectivity index (χ0n) is 11.2. The van der Waals surface area contributed by atoms with Crippen molar-refractivity contribution in [3.05, 3.63) is 0 Å². The van der Waals surface area contributed by atoms with Crippen molar-refractivity contribution in [1.82, 2.24) is 4.90 Å².